The molecule has 0 aromatic rings. The maximum absolute atomic E-state index is 11.2. The van der Waals surface area contributed by atoms with Crippen LogP contribution in [0.5, 0.6) is 0 Å². The molecule has 0 aliphatic carbocycles. The number of carbonyl (C=O) groups excluding carboxylic acids is 2. The van der Waals surface area contributed by atoms with Crippen molar-refractivity contribution in [2.24, 2.45) is 0 Å². The number of esters is 2. The third-order valence-electron chi connectivity index (χ3n) is 2.17. The maximum Gasteiger partial charge on any atom is 0.332 e. The van der Waals surface area contributed by atoms with Crippen LogP contribution in [0.2, 0.25) is 0 Å². The number of ether oxygens (including phenoxy) is 5. The highest BCUT2D eigenvalue weighted by Crippen LogP contribution is 1.99. The summed E-state index contributed by atoms with van der Waals surface area (Å²) >= 11 is 1.71. The Morgan fingerprint density at radius 2 is 1.15 bits per heavy atom. The van der Waals surface area contributed by atoms with Gasteiger partial charge in [0, 0.05) is 11.5 Å². The van der Waals surface area contributed by atoms with Crippen molar-refractivity contribution in [3.05, 3.63) is 0 Å². The molecule has 0 amide bonds. The number of rotatable bonds is 0. The summed E-state index contributed by atoms with van der Waals surface area (Å²) in [6.07, 6.45) is 0. The van der Waals surface area contributed by atoms with E-state index in [1.807, 2.05) is 0 Å². The molecule has 8 heteroatoms. The first-order valence-electron chi connectivity index (χ1n) is 6.41. The van der Waals surface area contributed by atoms with Crippen molar-refractivity contribution < 1.29 is 33.3 Å². The van der Waals surface area contributed by atoms with Crippen LogP contribution in [0.4, 0.5) is 0 Å². The molecule has 20 heavy (non-hydrogen) atoms. The highest BCUT2D eigenvalue weighted by Gasteiger charge is 2.07. The monoisotopic (exact) mass is 308 g/mol. The van der Waals surface area contributed by atoms with Crippen LogP contribution < -0.4 is 0 Å². The molecule has 7 nitrogen and oxygen atoms in total. The first-order chi connectivity index (χ1) is 9.79. The Kier molecular flexibility index (Phi) is 10.3. The molecule has 0 saturated carbocycles. The molecule has 0 spiro atoms. The molecule has 116 valence electrons. The van der Waals surface area contributed by atoms with E-state index in [-0.39, 0.29) is 26.4 Å². The molecular weight excluding hydrogens is 288 g/mol. The van der Waals surface area contributed by atoms with Crippen molar-refractivity contribution in [1.82, 2.24) is 0 Å². The van der Waals surface area contributed by atoms with Gasteiger partial charge in [-0.15, -0.1) is 0 Å². The van der Waals surface area contributed by atoms with Crippen LogP contribution in [0.25, 0.3) is 0 Å². The molecular formula is C12H20O7S. The van der Waals surface area contributed by atoms with E-state index in [2.05, 4.69) is 0 Å². The smallest absolute Gasteiger partial charge is 0.332 e. The number of hydrogen-bond acceptors (Lipinski definition) is 8. The zero-order valence-electron chi connectivity index (χ0n) is 11.3. The van der Waals surface area contributed by atoms with Gasteiger partial charge in [0.05, 0.1) is 26.4 Å². The van der Waals surface area contributed by atoms with Crippen LogP contribution in [0, 0.1) is 0 Å². The Morgan fingerprint density at radius 3 is 1.65 bits per heavy atom. The van der Waals surface area contributed by atoms with Gasteiger partial charge in [-0.1, -0.05) is 0 Å². The lowest BCUT2D eigenvalue weighted by Gasteiger charge is -2.09. The van der Waals surface area contributed by atoms with E-state index in [1.54, 1.807) is 11.8 Å². The van der Waals surface area contributed by atoms with Crippen LogP contribution >= 0.6 is 11.8 Å². The summed E-state index contributed by atoms with van der Waals surface area (Å²) in [7, 11) is 0. The van der Waals surface area contributed by atoms with Crippen molar-refractivity contribution in [2.75, 3.05) is 64.4 Å². The molecule has 0 unspecified atom stereocenters. The SMILES string of the molecule is O=C1COCC(=O)OCCOCCSCCOCCO1. The van der Waals surface area contributed by atoms with Gasteiger partial charge in [-0.2, -0.15) is 11.8 Å². The molecule has 0 atom stereocenters. The number of thioether (sulfide) groups is 1. The first-order valence-corrected chi connectivity index (χ1v) is 7.57. The Balaban J connectivity index is 2.20. The Bertz CT molecular complexity index is 259. The van der Waals surface area contributed by atoms with Crippen LogP contribution in [0.3, 0.4) is 0 Å². The average molecular weight is 308 g/mol. The first kappa shape index (κ1) is 17.2. The Morgan fingerprint density at radius 1 is 0.650 bits per heavy atom. The maximum atomic E-state index is 11.2. The minimum Gasteiger partial charge on any atom is -0.462 e. The summed E-state index contributed by atoms with van der Waals surface area (Å²) in [4.78, 5) is 22.4. The van der Waals surface area contributed by atoms with Gasteiger partial charge in [0.15, 0.2) is 0 Å². The summed E-state index contributed by atoms with van der Waals surface area (Å²) in [5.74, 6) is 0.658. The minimum atomic E-state index is -0.528. The van der Waals surface area contributed by atoms with Crippen LogP contribution in [0.15, 0.2) is 0 Å². The van der Waals surface area contributed by atoms with Gasteiger partial charge in [-0.3, -0.25) is 0 Å². The molecule has 1 rings (SSSR count). The van der Waals surface area contributed by atoms with Crippen molar-refractivity contribution in [2.45, 2.75) is 0 Å². The molecule has 1 fully saturated rings. The lowest BCUT2D eigenvalue weighted by molar-refractivity contribution is -0.157. The fraction of sp³-hybridized carbons (Fsp3) is 0.833. The lowest BCUT2D eigenvalue weighted by atomic mass is 10.6. The van der Waals surface area contributed by atoms with Crippen molar-refractivity contribution in [1.29, 1.82) is 0 Å². The van der Waals surface area contributed by atoms with E-state index in [9.17, 15) is 9.59 Å². The summed E-state index contributed by atoms with van der Waals surface area (Å²) in [6, 6.07) is 0. The van der Waals surface area contributed by atoms with Gasteiger partial charge in [0.2, 0.25) is 0 Å². The zero-order chi connectivity index (χ0) is 14.5. The summed E-state index contributed by atoms with van der Waals surface area (Å²) in [5, 5.41) is 0. The van der Waals surface area contributed by atoms with E-state index in [0.29, 0.717) is 26.4 Å². The van der Waals surface area contributed by atoms with Gasteiger partial charge >= 0.3 is 11.9 Å². The zero-order valence-corrected chi connectivity index (χ0v) is 12.2. The van der Waals surface area contributed by atoms with Crippen LogP contribution in [0.1, 0.15) is 0 Å². The molecule has 1 aliphatic heterocycles. The highest BCUT2D eigenvalue weighted by atomic mass is 32.2. The van der Waals surface area contributed by atoms with Crippen LogP contribution in [-0.4, -0.2) is 76.3 Å². The summed E-state index contributed by atoms with van der Waals surface area (Å²) < 4.78 is 25.2. The number of hydrogen-bond donors (Lipinski definition) is 0. The average Bonchev–Trinajstić information content (AvgIpc) is 2.43. The third kappa shape index (κ3) is 10.0. The second-order valence-electron chi connectivity index (χ2n) is 3.77. The van der Waals surface area contributed by atoms with Crippen molar-refractivity contribution >= 4 is 23.7 Å². The van der Waals surface area contributed by atoms with Gasteiger partial charge < -0.3 is 23.7 Å². The van der Waals surface area contributed by atoms with Crippen molar-refractivity contribution in [3.63, 3.8) is 0 Å². The van der Waals surface area contributed by atoms with Gasteiger partial charge in [-0.05, 0) is 0 Å². The van der Waals surface area contributed by atoms with Crippen molar-refractivity contribution in [3.8, 4) is 0 Å². The fourth-order valence-corrected chi connectivity index (χ4v) is 1.95. The summed E-state index contributed by atoms with van der Waals surface area (Å²) in [5.41, 5.74) is 0. The second-order valence-corrected chi connectivity index (χ2v) is 5.00. The second kappa shape index (κ2) is 12.0. The highest BCUT2D eigenvalue weighted by molar-refractivity contribution is 7.99. The van der Waals surface area contributed by atoms with Gasteiger partial charge in [0.25, 0.3) is 0 Å². The van der Waals surface area contributed by atoms with E-state index in [4.69, 9.17) is 23.7 Å². The topological polar surface area (TPSA) is 80.3 Å². The Labute approximate surface area is 122 Å². The van der Waals surface area contributed by atoms with E-state index in [0.717, 1.165) is 11.5 Å². The Hall–Kier alpha value is -0.830. The predicted molar refractivity (Wildman–Crippen MR) is 71.7 cm³/mol. The lowest BCUT2D eigenvalue weighted by Crippen LogP contribution is -2.21. The quantitative estimate of drug-likeness (QED) is 0.573. The minimum absolute atomic E-state index is 0.181. The van der Waals surface area contributed by atoms with E-state index in [1.165, 1.54) is 0 Å². The molecule has 1 heterocycles. The standard InChI is InChI=1S/C12H20O7S/c13-11-9-17-10-12(14)19-4-2-16-6-8-20-7-5-15-1-3-18-11/h1-10H2. The van der Waals surface area contributed by atoms with E-state index >= 15 is 0 Å². The number of carbonyl (C=O) groups is 2. The molecule has 0 aromatic heterocycles. The molecule has 0 radical (unpaired) electrons. The predicted octanol–water partition coefficient (Wildman–Crippen LogP) is -0.131. The molecule has 1 saturated heterocycles. The fourth-order valence-electron chi connectivity index (χ4n) is 1.27. The van der Waals surface area contributed by atoms with E-state index < -0.39 is 11.9 Å². The largest absolute Gasteiger partial charge is 0.462 e. The summed E-state index contributed by atoms with van der Waals surface area (Å²) in [6.45, 7) is 1.73. The number of cyclic esters (lactones) is 2. The molecule has 0 bridgehead atoms. The normalized spacial score (nSPS) is 22.2. The molecule has 0 aromatic carbocycles. The molecule has 1 aliphatic rings. The molecule has 0 N–H and O–H groups in total. The van der Waals surface area contributed by atoms with Crippen LogP contribution in [-0.2, 0) is 33.3 Å². The van der Waals surface area contributed by atoms with Gasteiger partial charge in [0.1, 0.15) is 26.4 Å². The third-order valence-corrected chi connectivity index (χ3v) is 3.08. The van der Waals surface area contributed by atoms with Gasteiger partial charge in [-0.25, -0.2) is 9.59 Å².